The molecule has 10 heteroatoms. The maximum absolute atomic E-state index is 12.8. The van der Waals surface area contributed by atoms with Gasteiger partial charge in [0.1, 0.15) is 12.6 Å². The van der Waals surface area contributed by atoms with E-state index in [1.807, 2.05) is 24.3 Å². The number of nitrogens with zero attached hydrogens (tertiary/aromatic N) is 3. The molecule has 3 heterocycles. The van der Waals surface area contributed by atoms with Crippen molar-refractivity contribution < 1.29 is 17.9 Å². The van der Waals surface area contributed by atoms with Crippen LogP contribution in [0.25, 0.3) is 4.96 Å². The van der Waals surface area contributed by atoms with Gasteiger partial charge in [0.05, 0.1) is 11.4 Å². The fourth-order valence-corrected chi connectivity index (χ4v) is 5.32. The van der Waals surface area contributed by atoms with Crippen LogP contribution in [0.15, 0.2) is 46.7 Å². The van der Waals surface area contributed by atoms with E-state index >= 15 is 0 Å². The van der Waals surface area contributed by atoms with Crippen LogP contribution in [-0.4, -0.2) is 39.9 Å². The zero-order valence-electron chi connectivity index (χ0n) is 15.6. The molecule has 1 aliphatic rings. The Morgan fingerprint density at radius 3 is 2.83 bits per heavy atom. The average Bonchev–Trinajstić information content (AvgIpc) is 3.20. The van der Waals surface area contributed by atoms with Crippen LogP contribution < -0.4 is 5.56 Å². The van der Waals surface area contributed by atoms with Crippen LogP contribution in [0.2, 0.25) is 0 Å². The Labute approximate surface area is 171 Å². The van der Waals surface area contributed by atoms with Crippen molar-refractivity contribution >= 4 is 32.3 Å². The molecule has 0 unspecified atom stereocenters. The molecule has 1 aromatic carbocycles. The maximum Gasteiger partial charge on any atom is 0.325 e. The van der Waals surface area contributed by atoms with Gasteiger partial charge < -0.3 is 4.74 Å². The van der Waals surface area contributed by atoms with Gasteiger partial charge in [0, 0.05) is 30.6 Å². The number of hydrogen-bond acceptors (Lipinski definition) is 7. The van der Waals surface area contributed by atoms with Crippen molar-refractivity contribution in [2.45, 2.75) is 32.5 Å². The van der Waals surface area contributed by atoms with E-state index in [-0.39, 0.29) is 30.9 Å². The van der Waals surface area contributed by atoms with Crippen molar-refractivity contribution in [1.29, 1.82) is 0 Å². The van der Waals surface area contributed by atoms with Gasteiger partial charge in [-0.2, -0.15) is 4.31 Å². The zero-order valence-corrected chi connectivity index (χ0v) is 17.3. The molecule has 3 aromatic rings. The summed E-state index contributed by atoms with van der Waals surface area (Å²) in [7, 11) is -3.60. The van der Waals surface area contributed by atoms with Crippen LogP contribution in [-0.2, 0) is 39.1 Å². The molecule has 0 aliphatic carbocycles. The number of hydrogen-bond donors (Lipinski definition) is 0. The fourth-order valence-electron chi connectivity index (χ4n) is 3.36. The number of fused-ring (bicyclic) bond motifs is 2. The highest BCUT2D eigenvalue weighted by Crippen LogP contribution is 2.27. The number of aromatic nitrogens is 2. The molecular weight excluding hydrogens is 414 g/mol. The normalized spacial score (nSPS) is 17.2. The molecular formula is C19H19N3O5S2. The van der Waals surface area contributed by atoms with Gasteiger partial charge in [-0.15, -0.1) is 11.3 Å². The van der Waals surface area contributed by atoms with Crippen molar-refractivity contribution in [3.8, 4) is 0 Å². The van der Waals surface area contributed by atoms with Crippen molar-refractivity contribution in [2.24, 2.45) is 0 Å². The van der Waals surface area contributed by atoms with Gasteiger partial charge >= 0.3 is 5.97 Å². The van der Waals surface area contributed by atoms with E-state index in [2.05, 4.69) is 4.98 Å². The van der Waals surface area contributed by atoms with Crippen molar-refractivity contribution in [2.75, 3.05) is 5.75 Å². The molecule has 152 valence electrons. The van der Waals surface area contributed by atoms with Gasteiger partial charge in [0.25, 0.3) is 5.56 Å². The van der Waals surface area contributed by atoms with E-state index in [1.54, 1.807) is 18.5 Å². The zero-order chi connectivity index (χ0) is 20.6. The molecule has 0 saturated heterocycles. The number of ether oxygens (including phenoxy) is 1. The molecule has 0 spiro atoms. The summed E-state index contributed by atoms with van der Waals surface area (Å²) in [5.41, 5.74) is 1.87. The molecule has 29 heavy (non-hydrogen) atoms. The van der Waals surface area contributed by atoms with E-state index in [4.69, 9.17) is 4.74 Å². The topological polar surface area (TPSA) is 98.0 Å². The van der Waals surface area contributed by atoms with Crippen LogP contribution >= 0.6 is 11.3 Å². The first-order valence-corrected chi connectivity index (χ1v) is 11.6. The summed E-state index contributed by atoms with van der Waals surface area (Å²) in [5.74, 6) is -0.753. The van der Waals surface area contributed by atoms with Gasteiger partial charge in [-0.3, -0.25) is 14.0 Å². The molecule has 0 fully saturated rings. The van der Waals surface area contributed by atoms with E-state index in [0.29, 0.717) is 10.7 Å². The molecule has 0 bridgehead atoms. The SMILES string of the molecule is CCS(=O)(=O)N1Cc2ccccc2C[C@H]1C(=O)OCc1cc(=O)n2ccsc2n1. The van der Waals surface area contributed by atoms with E-state index in [9.17, 15) is 18.0 Å². The lowest BCUT2D eigenvalue weighted by molar-refractivity contribution is -0.150. The number of carbonyl (C=O) groups excluding carboxylic acids is 1. The Bertz CT molecular complexity index is 1230. The number of esters is 1. The maximum atomic E-state index is 12.8. The molecule has 0 saturated carbocycles. The average molecular weight is 434 g/mol. The van der Waals surface area contributed by atoms with Gasteiger partial charge in [-0.25, -0.2) is 13.4 Å². The number of thiazole rings is 1. The Balaban J connectivity index is 1.57. The molecule has 2 aromatic heterocycles. The highest BCUT2D eigenvalue weighted by atomic mass is 32.2. The lowest BCUT2D eigenvalue weighted by atomic mass is 9.96. The summed E-state index contributed by atoms with van der Waals surface area (Å²) < 4.78 is 33.2. The smallest absolute Gasteiger partial charge is 0.325 e. The van der Waals surface area contributed by atoms with Gasteiger partial charge in [0.15, 0.2) is 4.96 Å². The molecule has 0 amide bonds. The highest BCUT2D eigenvalue weighted by molar-refractivity contribution is 7.89. The summed E-state index contributed by atoms with van der Waals surface area (Å²) in [4.78, 5) is 29.7. The molecule has 4 rings (SSSR count). The summed E-state index contributed by atoms with van der Waals surface area (Å²) >= 11 is 1.30. The van der Waals surface area contributed by atoms with Crippen molar-refractivity contribution in [3.05, 3.63) is 69.1 Å². The predicted molar refractivity (Wildman–Crippen MR) is 108 cm³/mol. The number of benzene rings is 1. The van der Waals surface area contributed by atoms with Gasteiger partial charge in [0.2, 0.25) is 10.0 Å². The van der Waals surface area contributed by atoms with Crippen LogP contribution in [0.3, 0.4) is 0 Å². The second kappa shape index (κ2) is 7.69. The number of rotatable bonds is 5. The Morgan fingerprint density at radius 1 is 1.31 bits per heavy atom. The lowest BCUT2D eigenvalue weighted by Crippen LogP contribution is -2.49. The second-order valence-electron chi connectivity index (χ2n) is 6.68. The van der Waals surface area contributed by atoms with Crippen LogP contribution in [0.1, 0.15) is 23.7 Å². The van der Waals surface area contributed by atoms with Gasteiger partial charge in [-0.1, -0.05) is 24.3 Å². The number of carbonyl (C=O) groups is 1. The first kappa shape index (κ1) is 19.7. The first-order valence-electron chi connectivity index (χ1n) is 9.08. The third kappa shape index (κ3) is 3.83. The van der Waals surface area contributed by atoms with Crippen LogP contribution in [0.4, 0.5) is 0 Å². The molecule has 8 nitrogen and oxygen atoms in total. The molecule has 1 atom stereocenters. The van der Waals surface area contributed by atoms with E-state index < -0.39 is 22.0 Å². The van der Waals surface area contributed by atoms with Crippen LogP contribution in [0, 0.1) is 0 Å². The highest BCUT2D eigenvalue weighted by Gasteiger charge is 2.39. The Kier molecular flexibility index (Phi) is 5.24. The van der Waals surface area contributed by atoms with E-state index in [0.717, 1.165) is 11.1 Å². The van der Waals surface area contributed by atoms with Crippen LogP contribution in [0.5, 0.6) is 0 Å². The monoisotopic (exact) mass is 433 g/mol. The first-order chi connectivity index (χ1) is 13.9. The molecule has 0 N–H and O–H groups in total. The fraction of sp³-hybridized carbons (Fsp3) is 0.316. The van der Waals surface area contributed by atoms with Crippen molar-refractivity contribution in [3.63, 3.8) is 0 Å². The Hall–Kier alpha value is -2.56. The minimum atomic E-state index is -3.60. The summed E-state index contributed by atoms with van der Waals surface area (Å²) in [6.45, 7) is 1.49. The third-order valence-electron chi connectivity index (χ3n) is 4.92. The number of sulfonamides is 1. The van der Waals surface area contributed by atoms with Gasteiger partial charge in [-0.05, 0) is 18.1 Å². The summed E-state index contributed by atoms with van der Waals surface area (Å²) in [6.07, 6.45) is 1.87. The van der Waals surface area contributed by atoms with Crippen molar-refractivity contribution in [1.82, 2.24) is 13.7 Å². The quantitative estimate of drug-likeness (QED) is 0.567. The third-order valence-corrected chi connectivity index (χ3v) is 7.50. The lowest BCUT2D eigenvalue weighted by Gasteiger charge is -2.34. The predicted octanol–water partition coefficient (Wildman–Crippen LogP) is 1.58. The molecule has 1 aliphatic heterocycles. The molecule has 0 radical (unpaired) electrons. The van der Waals surface area contributed by atoms with E-state index in [1.165, 1.54) is 26.1 Å². The summed E-state index contributed by atoms with van der Waals surface area (Å²) in [5, 5.41) is 1.74. The Morgan fingerprint density at radius 2 is 2.07 bits per heavy atom. The minimum absolute atomic E-state index is 0.105. The standard InChI is InChI=1S/C19H19N3O5S2/c1-2-29(25,26)22-11-14-6-4-3-5-13(14)9-16(22)18(24)27-12-15-10-17(23)21-7-8-28-19(21)20-15/h3-8,10,16H,2,9,11-12H2,1H3/t16-/m0/s1. The minimum Gasteiger partial charge on any atom is -0.458 e. The largest absolute Gasteiger partial charge is 0.458 e. The summed E-state index contributed by atoms with van der Waals surface area (Å²) in [6, 6.07) is 7.82. The second-order valence-corrected chi connectivity index (χ2v) is 9.77.